The molecule has 0 saturated carbocycles. The van der Waals surface area contributed by atoms with Gasteiger partial charge in [0.15, 0.2) is 0 Å². The van der Waals surface area contributed by atoms with Crippen molar-refractivity contribution in [1.29, 1.82) is 0 Å². The fourth-order valence-electron chi connectivity index (χ4n) is 3.38. The molecule has 3 heterocycles. The fraction of sp³-hybridized carbons (Fsp3) is 0.300. The predicted octanol–water partition coefficient (Wildman–Crippen LogP) is 2.94. The minimum atomic E-state index is 0.0674. The molecule has 1 aromatic carbocycles. The third-order valence-corrected chi connectivity index (χ3v) is 4.86. The zero-order chi connectivity index (χ0) is 17.9. The quantitative estimate of drug-likeness (QED) is 0.725. The maximum atomic E-state index is 12.6. The Labute approximate surface area is 151 Å². The molecule has 0 spiro atoms. The number of nitrogens with zero attached hydrogens (tertiary/aromatic N) is 4. The van der Waals surface area contributed by atoms with Gasteiger partial charge in [-0.15, -0.1) is 0 Å². The van der Waals surface area contributed by atoms with Gasteiger partial charge in [0.1, 0.15) is 0 Å². The smallest absolute Gasteiger partial charge is 0.232 e. The molecule has 26 heavy (non-hydrogen) atoms. The fourth-order valence-corrected chi connectivity index (χ4v) is 3.38. The number of benzene rings is 1. The van der Waals surface area contributed by atoms with Crippen LogP contribution in [0.3, 0.4) is 0 Å². The number of amides is 1. The average molecular weight is 348 g/mol. The van der Waals surface area contributed by atoms with Crippen LogP contribution in [0.1, 0.15) is 24.3 Å². The van der Waals surface area contributed by atoms with E-state index >= 15 is 0 Å². The second kappa shape index (κ2) is 7.07. The molecule has 0 bridgehead atoms. The topological polar surface area (TPSA) is 72.1 Å². The van der Waals surface area contributed by atoms with Crippen molar-refractivity contribution in [3.05, 3.63) is 66.3 Å². The first-order valence-corrected chi connectivity index (χ1v) is 8.76. The summed E-state index contributed by atoms with van der Waals surface area (Å²) < 4.78 is 5.50. The third-order valence-electron chi connectivity index (χ3n) is 4.86. The molecule has 6 heteroatoms. The van der Waals surface area contributed by atoms with Gasteiger partial charge in [0, 0.05) is 31.0 Å². The molecule has 1 saturated heterocycles. The monoisotopic (exact) mass is 348 g/mol. The van der Waals surface area contributed by atoms with Crippen molar-refractivity contribution in [1.82, 2.24) is 20.0 Å². The van der Waals surface area contributed by atoms with Gasteiger partial charge in [0.25, 0.3) is 0 Å². The van der Waals surface area contributed by atoms with E-state index in [1.54, 1.807) is 12.4 Å². The van der Waals surface area contributed by atoms with Crippen molar-refractivity contribution in [2.24, 2.45) is 5.92 Å². The molecule has 0 N–H and O–H groups in total. The van der Waals surface area contributed by atoms with Gasteiger partial charge >= 0.3 is 0 Å². The minimum Gasteiger partial charge on any atom is -0.341 e. The van der Waals surface area contributed by atoms with Crippen LogP contribution in [-0.2, 0) is 11.2 Å². The molecule has 6 nitrogen and oxygen atoms in total. The van der Waals surface area contributed by atoms with Gasteiger partial charge in [0.2, 0.25) is 17.6 Å². The number of hydrogen-bond acceptors (Lipinski definition) is 5. The molecule has 2 atom stereocenters. The third kappa shape index (κ3) is 3.35. The highest BCUT2D eigenvalue weighted by Gasteiger charge is 2.36. The SMILES string of the molecule is CC1CN(C(=O)Cc2ccccc2)CC1c1nc(-c2ccncc2)no1. The second-order valence-corrected chi connectivity index (χ2v) is 6.74. The van der Waals surface area contributed by atoms with Crippen LogP contribution in [0.4, 0.5) is 0 Å². The van der Waals surface area contributed by atoms with Gasteiger partial charge < -0.3 is 9.42 Å². The number of carbonyl (C=O) groups is 1. The lowest BCUT2D eigenvalue weighted by Gasteiger charge is -2.15. The first-order valence-electron chi connectivity index (χ1n) is 8.76. The van der Waals surface area contributed by atoms with E-state index in [0.717, 1.165) is 11.1 Å². The summed E-state index contributed by atoms with van der Waals surface area (Å²) in [5, 5.41) is 4.09. The van der Waals surface area contributed by atoms with E-state index in [1.165, 1.54) is 0 Å². The van der Waals surface area contributed by atoms with E-state index in [0.29, 0.717) is 31.2 Å². The van der Waals surface area contributed by atoms with E-state index in [1.807, 2.05) is 47.4 Å². The zero-order valence-corrected chi connectivity index (χ0v) is 14.6. The van der Waals surface area contributed by atoms with Crippen LogP contribution in [0, 0.1) is 5.92 Å². The van der Waals surface area contributed by atoms with Gasteiger partial charge in [0.05, 0.1) is 12.3 Å². The standard InChI is InChI=1S/C20H20N4O2/c1-14-12-24(18(25)11-15-5-3-2-4-6-15)13-17(14)20-22-19(23-26-20)16-7-9-21-10-8-16/h2-10,14,17H,11-13H2,1H3. The number of hydrogen-bond donors (Lipinski definition) is 0. The van der Waals surface area contributed by atoms with Crippen LogP contribution >= 0.6 is 0 Å². The summed E-state index contributed by atoms with van der Waals surface area (Å²) in [6, 6.07) is 13.5. The number of rotatable bonds is 4. The summed E-state index contributed by atoms with van der Waals surface area (Å²) in [6.07, 6.45) is 3.83. The molecule has 0 aliphatic carbocycles. The Balaban J connectivity index is 1.46. The molecule has 2 aromatic heterocycles. The van der Waals surface area contributed by atoms with Crippen LogP contribution in [0.5, 0.6) is 0 Å². The summed E-state index contributed by atoms with van der Waals surface area (Å²) in [5.74, 6) is 1.64. The Morgan fingerprint density at radius 3 is 2.69 bits per heavy atom. The van der Waals surface area contributed by atoms with Gasteiger partial charge in [-0.3, -0.25) is 9.78 Å². The molecular formula is C20H20N4O2. The average Bonchev–Trinajstić information content (AvgIpc) is 3.30. The lowest BCUT2D eigenvalue weighted by Crippen LogP contribution is -2.30. The largest absolute Gasteiger partial charge is 0.341 e. The maximum absolute atomic E-state index is 12.6. The van der Waals surface area contributed by atoms with Crippen molar-refractivity contribution in [3.8, 4) is 11.4 Å². The number of carbonyl (C=O) groups excluding carboxylic acids is 1. The highest BCUT2D eigenvalue weighted by atomic mass is 16.5. The summed E-state index contributed by atoms with van der Waals surface area (Å²) in [6.45, 7) is 3.45. The first-order chi connectivity index (χ1) is 12.7. The van der Waals surface area contributed by atoms with E-state index in [4.69, 9.17) is 4.52 Å². The first kappa shape index (κ1) is 16.4. The minimum absolute atomic E-state index is 0.0674. The molecule has 4 rings (SSSR count). The highest BCUT2D eigenvalue weighted by molar-refractivity contribution is 5.79. The van der Waals surface area contributed by atoms with Gasteiger partial charge in [-0.25, -0.2) is 0 Å². The highest BCUT2D eigenvalue weighted by Crippen LogP contribution is 2.32. The normalized spacial score (nSPS) is 19.7. The van der Waals surface area contributed by atoms with Crippen LogP contribution in [0.25, 0.3) is 11.4 Å². The van der Waals surface area contributed by atoms with E-state index in [-0.39, 0.29) is 17.7 Å². The number of pyridine rings is 1. The zero-order valence-electron chi connectivity index (χ0n) is 14.6. The lowest BCUT2D eigenvalue weighted by molar-refractivity contribution is -0.129. The summed E-state index contributed by atoms with van der Waals surface area (Å²) >= 11 is 0. The van der Waals surface area contributed by atoms with Crippen molar-refractivity contribution >= 4 is 5.91 Å². The van der Waals surface area contributed by atoms with Crippen LogP contribution < -0.4 is 0 Å². The van der Waals surface area contributed by atoms with Crippen molar-refractivity contribution in [2.75, 3.05) is 13.1 Å². The Morgan fingerprint density at radius 2 is 1.92 bits per heavy atom. The summed E-state index contributed by atoms with van der Waals surface area (Å²) in [7, 11) is 0. The maximum Gasteiger partial charge on any atom is 0.232 e. The van der Waals surface area contributed by atoms with E-state index in [2.05, 4.69) is 22.0 Å². The van der Waals surface area contributed by atoms with E-state index < -0.39 is 0 Å². The van der Waals surface area contributed by atoms with Crippen LogP contribution in [0.2, 0.25) is 0 Å². The van der Waals surface area contributed by atoms with Crippen molar-refractivity contribution in [2.45, 2.75) is 19.3 Å². The van der Waals surface area contributed by atoms with Gasteiger partial charge in [-0.05, 0) is 23.6 Å². The predicted molar refractivity (Wildman–Crippen MR) is 96.2 cm³/mol. The molecule has 1 aliphatic heterocycles. The Bertz CT molecular complexity index is 879. The van der Waals surface area contributed by atoms with Crippen molar-refractivity contribution < 1.29 is 9.32 Å². The Hall–Kier alpha value is -3.02. The molecule has 132 valence electrons. The molecule has 3 aromatic rings. The number of aromatic nitrogens is 3. The van der Waals surface area contributed by atoms with E-state index in [9.17, 15) is 4.79 Å². The second-order valence-electron chi connectivity index (χ2n) is 6.74. The molecule has 1 amide bonds. The van der Waals surface area contributed by atoms with Crippen LogP contribution in [0.15, 0.2) is 59.4 Å². The molecule has 1 aliphatic rings. The molecule has 2 unspecified atom stereocenters. The van der Waals surface area contributed by atoms with Crippen molar-refractivity contribution in [3.63, 3.8) is 0 Å². The molecular weight excluding hydrogens is 328 g/mol. The Morgan fingerprint density at radius 1 is 1.15 bits per heavy atom. The lowest BCUT2D eigenvalue weighted by atomic mass is 9.98. The number of likely N-dealkylation sites (tertiary alicyclic amines) is 1. The summed E-state index contributed by atoms with van der Waals surface area (Å²) in [5.41, 5.74) is 1.91. The van der Waals surface area contributed by atoms with Gasteiger partial charge in [-0.2, -0.15) is 4.98 Å². The summed E-state index contributed by atoms with van der Waals surface area (Å²) in [4.78, 5) is 23.1. The molecule has 1 fully saturated rings. The van der Waals surface area contributed by atoms with Gasteiger partial charge in [-0.1, -0.05) is 42.4 Å². The Kier molecular flexibility index (Phi) is 4.48. The van der Waals surface area contributed by atoms with Crippen LogP contribution in [-0.4, -0.2) is 39.0 Å². The molecule has 0 radical (unpaired) electrons.